The monoisotopic (exact) mass is 291 g/mol. The lowest BCUT2D eigenvalue weighted by Gasteiger charge is -2.19. The number of carbonyl (C=O) groups excluding carboxylic acids is 2. The topological polar surface area (TPSA) is 72.0 Å². The second kappa shape index (κ2) is 7.78. The van der Waals surface area contributed by atoms with E-state index in [4.69, 9.17) is 4.74 Å². The van der Waals surface area contributed by atoms with Crippen LogP contribution in [0.2, 0.25) is 0 Å². The minimum absolute atomic E-state index is 0.0862. The zero-order chi connectivity index (χ0) is 15.1. The Bertz CT molecular complexity index is 496. The summed E-state index contributed by atoms with van der Waals surface area (Å²) in [4.78, 5) is 23.7. The van der Waals surface area contributed by atoms with Crippen molar-refractivity contribution < 1.29 is 19.6 Å². The highest BCUT2D eigenvalue weighted by molar-refractivity contribution is 6.01. The molecule has 0 unspecified atom stereocenters. The first-order valence-electron chi connectivity index (χ1n) is 7.51. The van der Waals surface area contributed by atoms with E-state index in [0.29, 0.717) is 23.8 Å². The van der Waals surface area contributed by atoms with Gasteiger partial charge in [0.1, 0.15) is 0 Å². The van der Waals surface area contributed by atoms with E-state index in [0.717, 1.165) is 0 Å². The number of para-hydroxylation sites is 1. The first-order chi connectivity index (χ1) is 10.2. The smallest absolute Gasteiger partial charge is 0.339 e. The maximum Gasteiger partial charge on any atom is 0.339 e. The summed E-state index contributed by atoms with van der Waals surface area (Å²) in [5.74, 6) is -0.529. The van der Waals surface area contributed by atoms with Crippen LogP contribution in [0.25, 0.3) is 0 Å². The van der Waals surface area contributed by atoms with Crippen LogP contribution >= 0.6 is 0 Å². The molecule has 0 saturated heterocycles. The SMILES string of the molecule is COC(=O)c1ccccc1NC(=O)C[NH2+]C1CCCCC1. The number of anilines is 1. The number of nitrogens with one attached hydrogen (secondary N) is 1. The van der Waals surface area contributed by atoms with Crippen LogP contribution < -0.4 is 10.6 Å². The molecule has 0 radical (unpaired) electrons. The summed E-state index contributed by atoms with van der Waals surface area (Å²) < 4.78 is 4.72. The van der Waals surface area contributed by atoms with Gasteiger partial charge in [0.05, 0.1) is 24.4 Å². The fourth-order valence-electron chi connectivity index (χ4n) is 2.72. The number of quaternary nitrogens is 1. The van der Waals surface area contributed by atoms with Crippen LogP contribution in [-0.2, 0) is 9.53 Å². The number of hydrogen-bond donors (Lipinski definition) is 2. The minimum Gasteiger partial charge on any atom is -0.465 e. The Labute approximate surface area is 125 Å². The maximum absolute atomic E-state index is 12.0. The van der Waals surface area contributed by atoms with Crippen molar-refractivity contribution in [2.45, 2.75) is 38.1 Å². The Hall–Kier alpha value is -1.88. The number of nitrogens with two attached hydrogens (primary N) is 1. The van der Waals surface area contributed by atoms with E-state index in [2.05, 4.69) is 10.6 Å². The molecule has 0 atom stereocenters. The van der Waals surface area contributed by atoms with Gasteiger partial charge in [-0.15, -0.1) is 0 Å². The highest BCUT2D eigenvalue weighted by atomic mass is 16.5. The van der Waals surface area contributed by atoms with Crippen LogP contribution in [0.1, 0.15) is 42.5 Å². The standard InChI is InChI=1S/C16H22N2O3/c1-21-16(20)13-9-5-6-10-14(13)18-15(19)11-17-12-7-3-2-4-8-12/h5-6,9-10,12,17H,2-4,7-8,11H2,1H3,(H,18,19)/p+1. The van der Waals surface area contributed by atoms with E-state index < -0.39 is 5.97 Å². The van der Waals surface area contributed by atoms with E-state index in [1.54, 1.807) is 24.3 Å². The normalized spacial score (nSPS) is 15.5. The number of rotatable bonds is 5. The van der Waals surface area contributed by atoms with E-state index >= 15 is 0 Å². The van der Waals surface area contributed by atoms with Crippen LogP contribution in [0.4, 0.5) is 5.69 Å². The second-order valence-electron chi connectivity index (χ2n) is 5.42. The number of carbonyl (C=O) groups is 2. The van der Waals surface area contributed by atoms with Crippen molar-refractivity contribution in [3.05, 3.63) is 29.8 Å². The predicted molar refractivity (Wildman–Crippen MR) is 80.1 cm³/mol. The lowest BCUT2D eigenvalue weighted by Crippen LogP contribution is -2.91. The second-order valence-corrected chi connectivity index (χ2v) is 5.42. The molecule has 1 aromatic rings. The molecule has 0 aromatic heterocycles. The summed E-state index contributed by atoms with van der Waals surface area (Å²) in [6.45, 7) is 0.389. The molecule has 1 fully saturated rings. The summed E-state index contributed by atoms with van der Waals surface area (Å²) >= 11 is 0. The van der Waals surface area contributed by atoms with Crippen LogP contribution in [0, 0.1) is 0 Å². The number of ether oxygens (including phenoxy) is 1. The van der Waals surface area contributed by atoms with Crippen LogP contribution in [-0.4, -0.2) is 31.6 Å². The first kappa shape index (κ1) is 15.5. The van der Waals surface area contributed by atoms with Gasteiger partial charge in [-0.25, -0.2) is 4.79 Å². The Balaban J connectivity index is 1.88. The molecular formula is C16H23N2O3+. The third kappa shape index (κ3) is 4.56. The van der Waals surface area contributed by atoms with Gasteiger partial charge >= 0.3 is 5.97 Å². The lowest BCUT2D eigenvalue weighted by atomic mass is 9.95. The highest BCUT2D eigenvalue weighted by Gasteiger charge is 2.18. The first-order valence-corrected chi connectivity index (χ1v) is 7.51. The van der Waals surface area contributed by atoms with Crippen molar-refractivity contribution in [2.75, 3.05) is 19.0 Å². The van der Waals surface area contributed by atoms with Gasteiger partial charge in [0.25, 0.3) is 5.91 Å². The number of benzene rings is 1. The maximum atomic E-state index is 12.0. The average Bonchev–Trinajstić information content (AvgIpc) is 2.54. The quantitative estimate of drug-likeness (QED) is 0.803. The molecule has 114 valence electrons. The molecule has 1 aliphatic carbocycles. The Morgan fingerprint density at radius 3 is 2.67 bits per heavy atom. The van der Waals surface area contributed by atoms with E-state index in [1.807, 2.05) is 0 Å². The van der Waals surface area contributed by atoms with Gasteiger partial charge < -0.3 is 15.4 Å². The lowest BCUT2D eigenvalue weighted by molar-refractivity contribution is -0.681. The molecule has 21 heavy (non-hydrogen) atoms. The molecule has 1 amide bonds. The van der Waals surface area contributed by atoms with Gasteiger partial charge in [0, 0.05) is 0 Å². The Morgan fingerprint density at radius 1 is 1.24 bits per heavy atom. The van der Waals surface area contributed by atoms with Gasteiger partial charge in [-0.2, -0.15) is 0 Å². The summed E-state index contributed by atoms with van der Waals surface area (Å²) in [7, 11) is 1.33. The summed E-state index contributed by atoms with van der Waals surface area (Å²) in [6.07, 6.45) is 6.20. The van der Waals surface area contributed by atoms with Crippen molar-refractivity contribution in [3.63, 3.8) is 0 Å². The van der Waals surface area contributed by atoms with E-state index in [1.165, 1.54) is 39.2 Å². The average molecular weight is 291 g/mol. The molecule has 0 aliphatic heterocycles. The van der Waals surface area contributed by atoms with Crippen LogP contribution in [0.5, 0.6) is 0 Å². The zero-order valence-electron chi connectivity index (χ0n) is 12.4. The molecule has 0 spiro atoms. The molecule has 0 bridgehead atoms. The number of methoxy groups -OCH3 is 1. The molecule has 5 nitrogen and oxygen atoms in total. The van der Waals surface area contributed by atoms with E-state index in [9.17, 15) is 9.59 Å². The van der Waals surface area contributed by atoms with Crippen molar-refractivity contribution in [1.29, 1.82) is 0 Å². The minimum atomic E-state index is -0.442. The summed E-state index contributed by atoms with van der Waals surface area (Å²) in [6, 6.07) is 7.44. The molecule has 5 heteroatoms. The van der Waals surface area contributed by atoms with Gasteiger partial charge in [0.15, 0.2) is 6.54 Å². The third-order valence-corrected chi connectivity index (χ3v) is 3.89. The Morgan fingerprint density at radius 2 is 1.95 bits per heavy atom. The van der Waals surface area contributed by atoms with E-state index in [-0.39, 0.29) is 5.91 Å². The largest absolute Gasteiger partial charge is 0.465 e. The van der Waals surface area contributed by atoms with Crippen molar-refractivity contribution >= 4 is 17.6 Å². The number of esters is 1. The fourth-order valence-corrected chi connectivity index (χ4v) is 2.72. The molecular weight excluding hydrogens is 268 g/mol. The number of hydrogen-bond acceptors (Lipinski definition) is 3. The molecule has 1 saturated carbocycles. The van der Waals surface area contributed by atoms with Gasteiger partial charge in [0.2, 0.25) is 0 Å². The van der Waals surface area contributed by atoms with Crippen LogP contribution in [0.3, 0.4) is 0 Å². The summed E-state index contributed by atoms with van der Waals surface area (Å²) in [5, 5.41) is 4.90. The van der Waals surface area contributed by atoms with Crippen molar-refractivity contribution in [1.82, 2.24) is 0 Å². The highest BCUT2D eigenvalue weighted by Crippen LogP contribution is 2.16. The molecule has 0 heterocycles. The molecule has 2 rings (SSSR count). The van der Waals surface area contributed by atoms with Gasteiger partial charge in [-0.3, -0.25) is 4.79 Å². The Kier molecular flexibility index (Phi) is 5.75. The van der Waals surface area contributed by atoms with Crippen LogP contribution in [0.15, 0.2) is 24.3 Å². The van der Waals surface area contributed by atoms with Crippen molar-refractivity contribution in [3.8, 4) is 0 Å². The predicted octanol–water partition coefficient (Wildman–Crippen LogP) is 1.31. The fraction of sp³-hybridized carbons (Fsp3) is 0.500. The third-order valence-electron chi connectivity index (χ3n) is 3.89. The molecule has 1 aromatic carbocycles. The molecule has 3 N–H and O–H groups in total. The summed E-state index contributed by atoms with van der Waals surface area (Å²) in [5.41, 5.74) is 0.886. The zero-order valence-corrected chi connectivity index (χ0v) is 12.4. The van der Waals surface area contributed by atoms with Gasteiger partial charge in [-0.05, 0) is 37.8 Å². The molecule has 1 aliphatic rings. The number of amides is 1. The van der Waals surface area contributed by atoms with Crippen molar-refractivity contribution in [2.24, 2.45) is 0 Å². The van der Waals surface area contributed by atoms with Gasteiger partial charge in [-0.1, -0.05) is 18.6 Å².